The van der Waals surface area contributed by atoms with Gasteiger partial charge in [0, 0.05) is 35.3 Å². The molecular weight excluding hydrogens is 859 g/mol. The van der Waals surface area contributed by atoms with Crippen LogP contribution in [0.3, 0.4) is 0 Å². The molecule has 68 heavy (non-hydrogen) atoms. The number of amides is 2. The summed E-state index contributed by atoms with van der Waals surface area (Å²) >= 11 is 0. The van der Waals surface area contributed by atoms with Crippen molar-refractivity contribution in [1.82, 2.24) is 30.4 Å². The first-order valence-corrected chi connectivity index (χ1v) is 23.6. The molecule has 2 unspecified atom stereocenters. The Kier molecular flexibility index (Phi) is 17.1. The molecule has 2 saturated heterocycles. The molecule has 12 heteroatoms. The lowest BCUT2D eigenvalue weighted by molar-refractivity contribution is -0.128. The number of para-hydroxylation sites is 2. The highest BCUT2D eigenvalue weighted by molar-refractivity contribution is 5.80. The SMILES string of the molecule is CC(C)(COc1ccccc1)N1CCC(C(=O)NC(c2ccc(F)cc2)c2ccccn2)CC1.CC(C)(COc1ccccc1)N1CCC(C(=O)NC(c2ccc(F)cc2)c2ccccn2)CC1. The minimum absolute atomic E-state index is 0.0120. The Bertz CT molecular complexity index is 2270. The van der Waals surface area contributed by atoms with E-state index in [4.69, 9.17) is 9.47 Å². The number of hydrogen-bond donors (Lipinski definition) is 2. The van der Waals surface area contributed by atoms with Gasteiger partial charge < -0.3 is 20.1 Å². The third-order valence-corrected chi connectivity index (χ3v) is 13.1. The van der Waals surface area contributed by atoms with Gasteiger partial charge in [0.05, 0.1) is 23.5 Å². The van der Waals surface area contributed by atoms with Gasteiger partial charge in [-0.15, -0.1) is 0 Å². The van der Waals surface area contributed by atoms with Crippen molar-refractivity contribution in [1.29, 1.82) is 0 Å². The first kappa shape index (κ1) is 49.4. The van der Waals surface area contributed by atoms with Gasteiger partial charge in [-0.05, 0) is 163 Å². The highest BCUT2D eigenvalue weighted by atomic mass is 19.1. The van der Waals surface area contributed by atoms with Crippen molar-refractivity contribution in [2.24, 2.45) is 11.8 Å². The van der Waals surface area contributed by atoms with Crippen molar-refractivity contribution in [3.05, 3.63) is 192 Å². The molecule has 8 rings (SSSR count). The van der Waals surface area contributed by atoms with E-state index in [0.717, 1.165) is 85.9 Å². The molecule has 0 saturated carbocycles. The number of hydrogen-bond acceptors (Lipinski definition) is 8. The Morgan fingerprint density at radius 1 is 0.529 bits per heavy atom. The fraction of sp³-hybridized carbons (Fsp3) is 0.357. The number of carbonyl (C=O) groups excluding carboxylic acids is 2. The second kappa shape index (κ2) is 23.5. The highest BCUT2D eigenvalue weighted by Gasteiger charge is 2.36. The van der Waals surface area contributed by atoms with Crippen molar-refractivity contribution >= 4 is 11.8 Å². The summed E-state index contributed by atoms with van der Waals surface area (Å²) in [5.41, 5.74) is 2.82. The van der Waals surface area contributed by atoms with Crippen molar-refractivity contribution in [2.75, 3.05) is 39.4 Å². The van der Waals surface area contributed by atoms with Crippen molar-refractivity contribution in [2.45, 2.75) is 76.5 Å². The number of halogens is 2. The lowest BCUT2D eigenvalue weighted by atomic mass is 9.91. The van der Waals surface area contributed by atoms with Gasteiger partial charge in [0.1, 0.15) is 36.3 Å². The van der Waals surface area contributed by atoms with E-state index in [1.54, 1.807) is 36.7 Å². The van der Waals surface area contributed by atoms with Crippen LogP contribution < -0.4 is 20.1 Å². The monoisotopic (exact) mass is 922 g/mol. The summed E-state index contributed by atoms with van der Waals surface area (Å²) in [5.74, 6) is 0.998. The smallest absolute Gasteiger partial charge is 0.224 e. The van der Waals surface area contributed by atoms with Crippen LogP contribution >= 0.6 is 0 Å². The number of piperidine rings is 2. The summed E-state index contributed by atoms with van der Waals surface area (Å²) in [6, 6.07) is 42.5. The van der Waals surface area contributed by atoms with Crippen LogP contribution in [0, 0.1) is 23.5 Å². The fourth-order valence-electron chi connectivity index (χ4n) is 8.81. The zero-order valence-corrected chi connectivity index (χ0v) is 39.6. The highest BCUT2D eigenvalue weighted by Crippen LogP contribution is 2.30. The predicted molar refractivity (Wildman–Crippen MR) is 262 cm³/mol. The van der Waals surface area contributed by atoms with E-state index < -0.39 is 12.1 Å². The molecule has 10 nitrogen and oxygen atoms in total. The Balaban J connectivity index is 0.000000201. The molecule has 2 N–H and O–H groups in total. The molecular formula is C56H64F2N6O4. The molecule has 2 amide bonds. The summed E-state index contributed by atoms with van der Waals surface area (Å²) in [6.45, 7) is 13.2. The molecule has 0 radical (unpaired) electrons. The summed E-state index contributed by atoms with van der Waals surface area (Å²) in [6.07, 6.45) is 6.52. The van der Waals surface area contributed by atoms with E-state index in [1.807, 2.05) is 97.1 Å². The maximum absolute atomic E-state index is 13.5. The Morgan fingerprint density at radius 2 is 0.868 bits per heavy atom. The van der Waals surface area contributed by atoms with Crippen LogP contribution in [0.1, 0.15) is 88.0 Å². The van der Waals surface area contributed by atoms with Crippen LogP contribution in [0.5, 0.6) is 11.5 Å². The van der Waals surface area contributed by atoms with Gasteiger partial charge in [0.15, 0.2) is 0 Å². The standard InChI is InChI=1S/2C28H32FN3O2/c2*1-28(2,20-34-24-8-4-3-5-9-24)32-18-15-22(16-19-32)27(33)31-26(25-10-6-7-17-30-25)21-11-13-23(29)14-12-21/h2*3-14,17,22,26H,15-16,18-20H2,1-2H3,(H,31,33). The lowest BCUT2D eigenvalue weighted by Gasteiger charge is -2.42. The molecule has 2 atom stereocenters. The molecule has 2 fully saturated rings. The lowest BCUT2D eigenvalue weighted by Crippen LogP contribution is -2.53. The maximum Gasteiger partial charge on any atom is 0.224 e. The number of benzene rings is 4. The number of aromatic nitrogens is 2. The number of carbonyl (C=O) groups is 2. The molecule has 6 aromatic rings. The van der Waals surface area contributed by atoms with Gasteiger partial charge >= 0.3 is 0 Å². The minimum Gasteiger partial charge on any atom is -0.492 e. The Morgan fingerprint density at radius 3 is 1.19 bits per heavy atom. The van der Waals surface area contributed by atoms with Gasteiger partial charge in [-0.3, -0.25) is 29.4 Å². The molecule has 356 valence electrons. The first-order chi connectivity index (χ1) is 32.8. The average molecular weight is 923 g/mol. The second-order valence-corrected chi connectivity index (χ2v) is 18.8. The Hall–Kier alpha value is -6.50. The van der Waals surface area contributed by atoms with Crippen LogP contribution in [-0.4, -0.2) is 82.1 Å². The average Bonchev–Trinajstić information content (AvgIpc) is 3.38. The van der Waals surface area contributed by atoms with Crippen molar-refractivity contribution < 1.29 is 27.8 Å². The minimum atomic E-state index is -0.414. The molecule has 0 bridgehead atoms. The molecule has 2 aromatic heterocycles. The van der Waals surface area contributed by atoms with Gasteiger partial charge in [0.2, 0.25) is 11.8 Å². The molecule has 2 aliphatic rings. The molecule has 4 aromatic carbocycles. The van der Waals surface area contributed by atoms with Crippen LogP contribution in [-0.2, 0) is 9.59 Å². The number of likely N-dealkylation sites (tertiary alicyclic amines) is 2. The summed E-state index contributed by atoms with van der Waals surface area (Å²) in [7, 11) is 0. The fourth-order valence-corrected chi connectivity index (χ4v) is 8.81. The largest absolute Gasteiger partial charge is 0.492 e. The van der Waals surface area contributed by atoms with E-state index in [1.165, 1.54) is 24.3 Å². The van der Waals surface area contributed by atoms with E-state index in [0.29, 0.717) is 13.2 Å². The van der Waals surface area contributed by atoms with Crippen LogP contribution in [0.25, 0.3) is 0 Å². The molecule has 4 heterocycles. The zero-order chi connectivity index (χ0) is 47.9. The van der Waals surface area contributed by atoms with Gasteiger partial charge in [-0.2, -0.15) is 0 Å². The Labute approximate surface area is 400 Å². The second-order valence-electron chi connectivity index (χ2n) is 18.8. The maximum atomic E-state index is 13.5. The van der Waals surface area contributed by atoms with Crippen molar-refractivity contribution in [3.8, 4) is 11.5 Å². The third-order valence-electron chi connectivity index (χ3n) is 13.1. The molecule has 2 aliphatic heterocycles. The summed E-state index contributed by atoms with van der Waals surface area (Å²) < 4.78 is 39.0. The normalized spacial score (nSPS) is 16.1. The van der Waals surface area contributed by atoms with E-state index in [9.17, 15) is 18.4 Å². The van der Waals surface area contributed by atoms with Crippen molar-refractivity contribution in [3.63, 3.8) is 0 Å². The number of nitrogens with one attached hydrogen (secondary N) is 2. The van der Waals surface area contributed by atoms with Gasteiger partial charge in [-0.1, -0.05) is 72.8 Å². The van der Waals surface area contributed by atoms with E-state index in [2.05, 4.69) is 58.1 Å². The van der Waals surface area contributed by atoms with E-state index >= 15 is 0 Å². The number of rotatable bonds is 16. The zero-order valence-electron chi connectivity index (χ0n) is 39.6. The molecule has 0 spiro atoms. The van der Waals surface area contributed by atoms with Crippen LogP contribution in [0.2, 0.25) is 0 Å². The topological polar surface area (TPSA) is 109 Å². The first-order valence-electron chi connectivity index (χ1n) is 23.6. The number of pyridine rings is 2. The molecule has 0 aliphatic carbocycles. The summed E-state index contributed by atoms with van der Waals surface area (Å²) in [4.78, 5) is 40.1. The third kappa shape index (κ3) is 13.8. The predicted octanol–water partition coefficient (Wildman–Crippen LogP) is 9.99. The van der Waals surface area contributed by atoms with Crippen LogP contribution in [0.4, 0.5) is 8.78 Å². The quantitative estimate of drug-likeness (QED) is 0.0989. The van der Waals surface area contributed by atoms with Crippen LogP contribution in [0.15, 0.2) is 158 Å². The summed E-state index contributed by atoms with van der Waals surface area (Å²) in [5, 5.41) is 6.34. The van der Waals surface area contributed by atoms with Gasteiger partial charge in [0.25, 0.3) is 0 Å². The number of nitrogens with zero attached hydrogens (tertiary/aromatic N) is 4. The van der Waals surface area contributed by atoms with Gasteiger partial charge in [-0.25, -0.2) is 8.78 Å². The van der Waals surface area contributed by atoms with E-state index in [-0.39, 0.29) is 46.4 Å². The number of ether oxygens (including phenoxy) is 2.